The fourth-order valence-electron chi connectivity index (χ4n) is 1.46. The van der Waals surface area contributed by atoms with E-state index in [2.05, 4.69) is 15.4 Å². The van der Waals surface area contributed by atoms with E-state index in [1.54, 1.807) is 0 Å². The Bertz CT molecular complexity index is 760. The standard InChI is InChI=1S/C9H9Cl2N5O3S/c1-16-3-6(20(12,18)19)8(15-16)14-9(17)5-2-4(10)7(11)13-5/h2-3,13H,1H3,(H2,12,18,19)(H,14,15,17). The molecule has 2 aromatic heterocycles. The summed E-state index contributed by atoms with van der Waals surface area (Å²) in [5.74, 6) is -0.829. The highest BCUT2D eigenvalue weighted by molar-refractivity contribution is 7.89. The Labute approximate surface area is 123 Å². The second-order valence-electron chi connectivity index (χ2n) is 3.86. The number of rotatable bonds is 3. The van der Waals surface area contributed by atoms with Crippen LogP contribution in [0.4, 0.5) is 5.82 Å². The number of hydrogen-bond donors (Lipinski definition) is 3. The number of amides is 1. The maximum Gasteiger partial charge on any atom is 0.273 e. The highest BCUT2D eigenvalue weighted by atomic mass is 35.5. The SMILES string of the molecule is Cn1cc(S(N)(=O)=O)c(NC(=O)c2cc(Cl)c(Cl)[nH]2)n1. The number of H-pyrrole nitrogens is 1. The van der Waals surface area contributed by atoms with E-state index in [4.69, 9.17) is 28.3 Å². The number of aryl methyl sites for hydroxylation is 1. The predicted molar refractivity (Wildman–Crippen MR) is 73.3 cm³/mol. The van der Waals surface area contributed by atoms with E-state index >= 15 is 0 Å². The lowest BCUT2D eigenvalue weighted by Crippen LogP contribution is -2.18. The highest BCUT2D eigenvalue weighted by Crippen LogP contribution is 2.23. The van der Waals surface area contributed by atoms with Crippen molar-refractivity contribution in [2.75, 3.05) is 5.32 Å². The normalized spacial score (nSPS) is 11.6. The van der Waals surface area contributed by atoms with Crippen molar-refractivity contribution in [3.63, 3.8) is 0 Å². The van der Waals surface area contributed by atoms with Crippen LogP contribution in [0.3, 0.4) is 0 Å². The van der Waals surface area contributed by atoms with Gasteiger partial charge in [0.25, 0.3) is 5.91 Å². The number of aromatic amines is 1. The maximum absolute atomic E-state index is 11.9. The van der Waals surface area contributed by atoms with Crippen LogP contribution in [0, 0.1) is 0 Å². The quantitative estimate of drug-likeness (QED) is 0.771. The molecular formula is C9H9Cl2N5O3S. The van der Waals surface area contributed by atoms with Gasteiger partial charge in [-0.3, -0.25) is 9.48 Å². The third kappa shape index (κ3) is 2.96. The number of nitrogens with zero attached hydrogens (tertiary/aromatic N) is 2. The summed E-state index contributed by atoms with van der Waals surface area (Å²) in [5, 5.41) is 11.4. The van der Waals surface area contributed by atoms with E-state index < -0.39 is 15.9 Å². The number of sulfonamides is 1. The van der Waals surface area contributed by atoms with Crippen LogP contribution in [-0.4, -0.2) is 29.1 Å². The van der Waals surface area contributed by atoms with Gasteiger partial charge in [-0.1, -0.05) is 23.2 Å². The lowest BCUT2D eigenvalue weighted by molar-refractivity contribution is 0.102. The van der Waals surface area contributed by atoms with Crippen LogP contribution in [0.25, 0.3) is 0 Å². The van der Waals surface area contributed by atoms with Crippen LogP contribution in [0.5, 0.6) is 0 Å². The molecule has 8 nitrogen and oxygen atoms in total. The molecule has 0 aromatic carbocycles. The zero-order valence-electron chi connectivity index (χ0n) is 10.0. The fraction of sp³-hybridized carbons (Fsp3) is 0.111. The molecule has 0 radical (unpaired) electrons. The second-order valence-corrected chi connectivity index (χ2v) is 6.17. The lowest BCUT2D eigenvalue weighted by atomic mass is 10.4. The molecule has 0 aliphatic carbocycles. The number of aromatic nitrogens is 3. The number of primary sulfonamides is 1. The minimum Gasteiger partial charge on any atom is -0.340 e. The fourth-order valence-corrected chi connectivity index (χ4v) is 2.44. The minimum absolute atomic E-state index is 0.0611. The van der Waals surface area contributed by atoms with Crippen LogP contribution in [-0.2, 0) is 17.1 Å². The maximum atomic E-state index is 11.9. The van der Waals surface area contributed by atoms with Crippen molar-refractivity contribution in [3.05, 3.63) is 28.1 Å². The van der Waals surface area contributed by atoms with Crippen LogP contribution in [0.15, 0.2) is 17.2 Å². The number of anilines is 1. The molecule has 20 heavy (non-hydrogen) atoms. The molecule has 0 saturated carbocycles. The van der Waals surface area contributed by atoms with Crippen LogP contribution in [0.1, 0.15) is 10.5 Å². The van der Waals surface area contributed by atoms with Gasteiger partial charge in [0.15, 0.2) is 5.82 Å². The van der Waals surface area contributed by atoms with E-state index in [0.717, 1.165) is 0 Å². The molecule has 0 aliphatic rings. The Balaban J connectivity index is 2.33. The average molecular weight is 338 g/mol. The molecule has 0 saturated heterocycles. The van der Waals surface area contributed by atoms with Crippen molar-refractivity contribution in [2.45, 2.75) is 4.90 Å². The van der Waals surface area contributed by atoms with Gasteiger partial charge in [-0.15, -0.1) is 0 Å². The van der Waals surface area contributed by atoms with E-state index in [1.165, 1.54) is 24.0 Å². The third-order valence-electron chi connectivity index (χ3n) is 2.30. The van der Waals surface area contributed by atoms with Crippen molar-refractivity contribution >= 4 is 45.0 Å². The largest absolute Gasteiger partial charge is 0.340 e. The first-order valence-electron chi connectivity index (χ1n) is 5.10. The molecule has 1 amide bonds. The zero-order valence-corrected chi connectivity index (χ0v) is 12.3. The molecule has 0 atom stereocenters. The van der Waals surface area contributed by atoms with Crippen LogP contribution < -0.4 is 10.5 Å². The van der Waals surface area contributed by atoms with Crippen molar-refractivity contribution in [1.82, 2.24) is 14.8 Å². The number of nitrogens with two attached hydrogens (primary N) is 1. The Hall–Kier alpha value is -1.55. The smallest absolute Gasteiger partial charge is 0.273 e. The topological polar surface area (TPSA) is 123 Å². The number of hydrogen-bond acceptors (Lipinski definition) is 4. The number of nitrogens with one attached hydrogen (secondary N) is 2. The molecule has 108 valence electrons. The first kappa shape index (κ1) is 14.9. The summed E-state index contributed by atoms with van der Waals surface area (Å²) in [5.41, 5.74) is 0.0611. The van der Waals surface area contributed by atoms with Crippen LogP contribution in [0.2, 0.25) is 10.2 Å². The predicted octanol–water partition coefficient (Wildman–Crippen LogP) is 0.955. The first-order valence-corrected chi connectivity index (χ1v) is 7.40. The zero-order chi connectivity index (χ0) is 15.1. The molecule has 0 aliphatic heterocycles. The number of carbonyl (C=O) groups excluding carboxylic acids is 1. The van der Waals surface area contributed by atoms with Gasteiger partial charge in [0.1, 0.15) is 15.7 Å². The third-order valence-corrected chi connectivity index (χ3v) is 3.91. The summed E-state index contributed by atoms with van der Waals surface area (Å²) in [6.07, 6.45) is 1.18. The van der Waals surface area contributed by atoms with Gasteiger partial charge in [-0.2, -0.15) is 5.10 Å². The second kappa shape index (κ2) is 5.09. The van der Waals surface area contributed by atoms with Crippen molar-refractivity contribution in [1.29, 1.82) is 0 Å². The Kier molecular flexibility index (Phi) is 3.78. The molecule has 11 heteroatoms. The van der Waals surface area contributed by atoms with E-state index in [0.29, 0.717) is 0 Å². The monoisotopic (exact) mass is 337 g/mol. The number of halogens is 2. The summed E-state index contributed by atoms with van der Waals surface area (Å²) in [6, 6.07) is 1.30. The van der Waals surface area contributed by atoms with Gasteiger partial charge in [0, 0.05) is 13.2 Å². The van der Waals surface area contributed by atoms with Gasteiger partial charge >= 0.3 is 0 Å². The summed E-state index contributed by atoms with van der Waals surface area (Å²) in [4.78, 5) is 14.2. The molecule has 0 bridgehead atoms. The number of carbonyl (C=O) groups is 1. The molecule has 0 spiro atoms. The Morgan fingerprint density at radius 1 is 1.50 bits per heavy atom. The lowest BCUT2D eigenvalue weighted by Gasteiger charge is -2.02. The van der Waals surface area contributed by atoms with Gasteiger partial charge in [0.2, 0.25) is 10.0 Å². The van der Waals surface area contributed by atoms with Crippen molar-refractivity contribution in [2.24, 2.45) is 12.2 Å². The Morgan fingerprint density at radius 2 is 2.15 bits per heavy atom. The van der Waals surface area contributed by atoms with Gasteiger partial charge in [-0.05, 0) is 6.07 Å². The summed E-state index contributed by atoms with van der Waals surface area (Å²) >= 11 is 11.4. The van der Waals surface area contributed by atoms with E-state index in [9.17, 15) is 13.2 Å². The molecule has 0 unspecified atom stereocenters. The van der Waals surface area contributed by atoms with Gasteiger partial charge in [-0.25, -0.2) is 13.6 Å². The summed E-state index contributed by atoms with van der Waals surface area (Å²) in [7, 11) is -2.51. The van der Waals surface area contributed by atoms with E-state index in [1.807, 2.05) is 0 Å². The molecule has 2 aromatic rings. The molecule has 4 N–H and O–H groups in total. The van der Waals surface area contributed by atoms with Gasteiger partial charge < -0.3 is 10.3 Å². The molecular weight excluding hydrogens is 329 g/mol. The Morgan fingerprint density at radius 3 is 2.65 bits per heavy atom. The van der Waals surface area contributed by atoms with E-state index in [-0.39, 0.29) is 26.6 Å². The highest BCUT2D eigenvalue weighted by Gasteiger charge is 2.21. The minimum atomic E-state index is -4.00. The van der Waals surface area contributed by atoms with Crippen LogP contribution >= 0.6 is 23.2 Å². The molecule has 0 fully saturated rings. The van der Waals surface area contributed by atoms with Gasteiger partial charge in [0.05, 0.1) is 5.02 Å². The first-order chi connectivity index (χ1) is 9.18. The summed E-state index contributed by atoms with van der Waals surface area (Å²) in [6.45, 7) is 0. The molecule has 2 rings (SSSR count). The van der Waals surface area contributed by atoms with Crippen molar-refractivity contribution in [3.8, 4) is 0 Å². The van der Waals surface area contributed by atoms with Crippen molar-refractivity contribution < 1.29 is 13.2 Å². The average Bonchev–Trinajstić information content (AvgIpc) is 2.83. The summed E-state index contributed by atoms with van der Waals surface area (Å²) < 4.78 is 23.9. The molecule has 2 heterocycles.